The number of aliphatic carboxylic acids is 4. The van der Waals surface area contributed by atoms with Crippen molar-refractivity contribution in [1.29, 1.82) is 0 Å². The molecule has 1 rings (SSSR count). The summed E-state index contributed by atoms with van der Waals surface area (Å²) in [5.41, 5.74) is 1.19. The van der Waals surface area contributed by atoms with Crippen LogP contribution in [-0.4, -0.2) is 67.7 Å². The van der Waals surface area contributed by atoms with Crippen LogP contribution in [0.2, 0.25) is 0 Å². The maximum absolute atomic E-state index is 9.87. The fourth-order valence-electron chi connectivity index (χ4n) is 2.87. The first kappa shape index (κ1) is 52.5. The van der Waals surface area contributed by atoms with E-state index in [9.17, 15) is 19.2 Å². The van der Waals surface area contributed by atoms with E-state index < -0.39 is 23.9 Å². The third-order valence-corrected chi connectivity index (χ3v) is 5.79. The summed E-state index contributed by atoms with van der Waals surface area (Å²) in [5, 5.41) is 48.9. The van der Waals surface area contributed by atoms with Crippen LogP contribution in [0.4, 0.5) is 0 Å². The van der Waals surface area contributed by atoms with Crippen molar-refractivity contribution >= 4 is 23.9 Å². The molecular weight excluding hydrogens is 592 g/mol. The van der Waals surface area contributed by atoms with E-state index in [1.54, 1.807) is 20.8 Å². The quantitative estimate of drug-likeness (QED) is 0.0785. The lowest BCUT2D eigenvalue weighted by molar-refractivity contribution is -0.140. The van der Waals surface area contributed by atoms with E-state index in [0.29, 0.717) is 19.4 Å². The van der Waals surface area contributed by atoms with Gasteiger partial charge in [-0.25, -0.2) is 0 Å². The summed E-state index contributed by atoms with van der Waals surface area (Å²) in [6, 6.07) is 9.95. The number of rotatable bonds is 19. The molecule has 0 radical (unpaired) electrons. The smallest absolute Gasteiger partial charge is 0.305 e. The molecular formula is C36H68O10. The highest BCUT2D eigenvalue weighted by Crippen LogP contribution is 2.07. The average molecular weight is 661 g/mol. The zero-order valence-corrected chi connectivity index (χ0v) is 29.7. The molecule has 0 saturated heterocycles. The maximum atomic E-state index is 9.87. The Morgan fingerprint density at radius 1 is 0.543 bits per heavy atom. The predicted octanol–water partition coefficient (Wildman–Crippen LogP) is 8.46. The first-order valence-electron chi connectivity index (χ1n) is 16.9. The van der Waals surface area contributed by atoms with E-state index in [0.717, 1.165) is 44.9 Å². The monoisotopic (exact) mass is 660 g/mol. The Hall–Kier alpha value is -2.98. The number of aliphatic hydroxyl groups excluding tert-OH is 2. The molecule has 0 saturated carbocycles. The highest BCUT2D eigenvalue weighted by atomic mass is 16.4. The lowest BCUT2D eigenvalue weighted by atomic mass is 10.1. The first-order valence-corrected chi connectivity index (χ1v) is 16.9. The summed E-state index contributed by atoms with van der Waals surface area (Å²) in [6.45, 7) is 11.8. The molecule has 0 aromatic heterocycles. The van der Waals surface area contributed by atoms with Crippen molar-refractivity contribution in [2.75, 3.05) is 13.2 Å². The van der Waals surface area contributed by atoms with Crippen molar-refractivity contribution in [3.8, 4) is 0 Å². The van der Waals surface area contributed by atoms with Crippen molar-refractivity contribution < 1.29 is 49.8 Å². The molecule has 0 aliphatic heterocycles. The second kappa shape index (κ2) is 46.4. The SMILES string of the molecule is CC(C)C(=O)O.CCC(=O)O.CCCCC(=O)O.CCCCCC(=O)O.CCCCCCCCCCO.OCCc1ccccc1. The minimum atomic E-state index is -0.745. The number of carboxylic acid groups (broad SMARTS) is 4. The van der Waals surface area contributed by atoms with Gasteiger partial charge in [-0.05, 0) is 31.2 Å². The van der Waals surface area contributed by atoms with Crippen LogP contribution in [0.1, 0.15) is 150 Å². The highest BCUT2D eigenvalue weighted by molar-refractivity contribution is 5.68. The van der Waals surface area contributed by atoms with Gasteiger partial charge in [-0.3, -0.25) is 19.2 Å². The van der Waals surface area contributed by atoms with Crippen molar-refractivity contribution in [2.45, 2.75) is 151 Å². The van der Waals surface area contributed by atoms with Crippen LogP contribution in [0.3, 0.4) is 0 Å². The fraction of sp³-hybridized carbons (Fsp3) is 0.722. The van der Waals surface area contributed by atoms with E-state index >= 15 is 0 Å². The minimum absolute atomic E-state index is 0.222. The molecule has 0 aliphatic carbocycles. The summed E-state index contributed by atoms with van der Waals surface area (Å²) < 4.78 is 0. The molecule has 6 N–H and O–H groups in total. The Labute approximate surface area is 279 Å². The molecule has 0 amide bonds. The van der Waals surface area contributed by atoms with Gasteiger partial charge in [0.15, 0.2) is 0 Å². The molecule has 0 bridgehead atoms. The van der Waals surface area contributed by atoms with Crippen LogP contribution in [0.5, 0.6) is 0 Å². The lowest BCUT2D eigenvalue weighted by Crippen LogP contribution is -2.03. The molecule has 1 aromatic rings. The number of unbranched alkanes of at least 4 members (excludes halogenated alkanes) is 10. The van der Waals surface area contributed by atoms with Gasteiger partial charge in [0.1, 0.15) is 0 Å². The lowest BCUT2D eigenvalue weighted by Gasteiger charge is -1.98. The molecule has 0 aliphatic rings. The molecule has 0 atom stereocenters. The van der Waals surface area contributed by atoms with Crippen LogP contribution in [0.25, 0.3) is 0 Å². The second-order valence-electron chi connectivity index (χ2n) is 10.7. The average Bonchev–Trinajstić information content (AvgIpc) is 3.02. The standard InChI is InChI=1S/C10H22O.C8H10O.C6H12O2.C5H10O2.C4H8O2.C3H6O2/c1-2-3-4-5-6-7-8-9-10-11;9-7-6-8-4-2-1-3-5-8;1-2-3-4-5-6(7)8;1-2-3-4-5(6)7;1-3(2)4(5)6;1-2-3(4)5/h11H,2-10H2,1H3;1-5,9H,6-7H2;2-5H2,1H3,(H,7,8);2-4H2,1H3,(H,6,7);3H,1-2H3,(H,5,6);2H2,1H3,(H,4,5). The first-order chi connectivity index (χ1) is 21.8. The Balaban J connectivity index is -0.000000149. The fourth-order valence-corrected chi connectivity index (χ4v) is 2.87. The Kier molecular flexibility index (Phi) is 53.0. The number of benzene rings is 1. The summed E-state index contributed by atoms with van der Waals surface area (Å²) in [5.74, 6) is -3.09. The number of carbonyl (C=O) groups is 4. The van der Waals surface area contributed by atoms with Crippen LogP contribution in [0, 0.1) is 5.92 Å². The van der Waals surface area contributed by atoms with Crippen LogP contribution < -0.4 is 0 Å². The van der Waals surface area contributed by atoms with Crippen LogP contribution in [-0.2, 0) is 25.6 Å². The normalized spacial score (nSPS) is 9.24. The van der Waals surface area contributed by atoms with Gasteiger partial charge in [-0.1, -0.05) is 136 Å². The van der Waals surface area contributed by atoms with Crippen molar-refractivity contribution in [3.63, 3.8) is 0 Å². The van der Waals surface area contributed by atoms with Gasteiger partial charge in [0.2, 0.25) is 0 Å². The van der Waals surface area contributed by atoms with E-state index in [1.807, 2.05) is 37.3 Å². The molecule has 0 heterocycles. The number of aliphatic hydroxyl groups is 2. The molecule has 10 nitrogen and oxygen atoms in total. The van der Waals surface area contributed by atoms with Gasteiger partial charge >= 0.3 is 23.9 Å². The van der Waals surface area contributed by atoms with Crippen molar-refractivity contribution in [2.24, 2.45) is 5.92 Å². The van der Waals surface area contributed by atoms with Crippen LogP contribution >= 0.6 is 0 Å². The second-order valence-corrected chi connectivity index (χ2v) is 10.7. The number of carboxylic acids is 4. The van der Waals surface area contributed by atoms with Gasteiger partial charge < -0.3 is 30.6 Å². The summed E-state index contributed by atoms with van der Waals surface area (Å²) in [6.07, 6.45) is 16.7. The zero-order valence-electron chi connectivity index (χ0n) is 29.7. The summed E-state index contributed by atoms with van der Waals surface area (Å²) in [7, 11) is 0. The van der Waals surface area contributed by atoms with Crippen molar-refractivity contribution in [3.05, 3.63) is 35.9 Å². The molecule has 1 aromatic carbocycles. The molecule has 10 heteroatoms. The number of hydrogen-bond donors (Lipinski definition) is 6. The topological polar surface area (TPSA) is 190 Å². The third-order valence-electron chi connectivity index (χ3n) is 5.79. The largest absolute Gasteiger partial charge is 0.481 e. The van der Waals surface area contributed by atoms with E-state index in [-0.39, 0.29) is 18.9 Å². The van der Waals surface area contributed by atoms with Crippen molar-refractivity contribution in [1.82, 2.24) is 0 Å². The summed E-state index contributed by atoms with van der Waals surface area (Å²) in [4.78, 5) is 38.7. The minimum Gasteiger partial charge on any atom is -0.481 e. The Morgan fingerprint density at radius 3 is 1.22 bits per heavy atom. The molecule has 0 spiro atoms. The predicted molar refractivity (Wildman–Crippen MR) is 186 cm³/mol. The molecule has 272 valence electrons. The van der Waals surface area contributed by atoms with E-state index in [2.05, 4.69) is 13.8 Å². The maximum Gasteiger partial charge on any atom is 0.305 e. The highest BCUT2D eigenvalue weighted by Gasteiger charge is 1.99. The molecule has 0 fully saturated rings. The molecule has 46 heavy (non-hydrogen) atoms. The van der Waals surface area contributed by atoms with Gasteiger partial charge in [0.05, 0.1) is 5.92 Å². The van der Waals surface area contributed by atoms with Gasteiger partial charge in [-0.15, -0.1) is 0 Å². The molecule has 0 unspecified atom stereocenters. The number of hydrogen-bond acceptors (Lipinski definition) is 6. The van der Waals surface area contributed by atoms with Crippen LogP contribution in [0.15, 0.2) is 30.3 Å². The van der Waals surface area contributed by atoms with E-state index in [1.165, 1.54) is 50.5 Å². The van der Waals surface area contributed by atoms with Gasteiger partial charge in [-0.2, -0.15) is 0 Å². The van der Waals surface area contributed by atoms with Gasteiger partial charge in [0.25, 0.3) is 0 Å². The third kappa shape index (κ3) is 68.3. The van der Waals surface area contributed by atoms with E-state index in [4.69, 9.17) is 30.6 Å². The van der Waals surface area contributed by atoms with Gasteiger partial charge in [0, 0.05) is 32.5 Å². The summed E-state index contributed by atoms with van der Waals surface area (Å²) >= 11 is 0. The Morgan fingerprint density at radius 2 is 0.913 bits per heavy atom. The zero-order chi connectivity index (χ0) is 36.4. The Bertz CT molecular complexity index is 759.